The van der Waals surface area contributed by atoms with Crippen LogP contribution < -0.4 is 5.32 Å². The Balaban J connectivity index is 1.59. The van der Waals surface area contributed by atoms with Crippen LogP contribution in [0.1, 0.15) is 50.2 Å². The highest BCUT2D eigenvalue weighted by Crippen LogP contribution is 2.33. The maximum Gasteiger partial charge on any atom is 0.103 e. The van der Waals surface area contributed by atoms with E-state index in [1.54, 1.807) is 0 Å². The molecule has 1 aliphatic rings. The topological polar surface area (TPSA) is 67.8 Å². The van der Waals surface area contributed by atoms with E-state index in [1.165, 1.54) is 11.3 Å². The molecular formula is C17H27N5O. The number of aromatic amines is 1. The second kappa shape index (κ2) is 6.45. The molecule has 2 aromatic heterocycles. The van der Waals surface area contributed by atoms with Crippen LogP contribution in [0.4, 0.5) is 0 Å². The normalized spacial score (nSPS) is 21.9. The maximum absolute atomic E-state index is 5.94. The molecule has 1 fully saturated rings. The van der Waals surface area contributed by atoms with E-state index < -0.39 is 0 Å². The summed E-state index contributed by atoms with van der Waals surface area (Å²) in [7, 11) is 1.97. The molecule has 0 amide bonds. The predicted molar refractivity (Wildman–Crippen MR) is 89.0 cm³/mol. The lowest BCUT2D eigenvalue weighted by molar-refractivity contribution is 0.0838. The molecule has 0 bridgehead atoms. The summed E-state index contributed by atoms with van der Waals surface area (Å²) in [4.78, 5) is 0. The Morgan fingerprint density at radius 3 is 2.96 bits per heavy atom. The van der Waals surface area contributed by atoms with E-state index >= 15 is 0 Å². The minimum absolute atomic E-state index is 0.0846. The molecule has 2 atom stereocenters. The van der Waals surface area contributed by atoms with Gasteiger partial charge in [-0.2, -0.15) is 10.2 Å². The first-order valence-corrected chi connectivity index (χ1v) is 8.30. The highest BCUT2D eigenvalue weighted by Gasteiger charge is 2.31. The van der Waals surface area contributed by atoms with Crippen LogP contribution in [-0.4, -0.2) is 33.1 Å². The van der Waals surface area contributed by atoms with Crippen molar-refractivity contribution in [3.8, 4) is 0 Å². The average Bonchev–Trinajstić information content (AvgIpc) is 3.18. The summed E-state index contributed by atoms with van der Waals surface area (Å²) in [6.45, 7) is 9.19. The standard InChI is InChI=1S/C17H27N5O/c1-17(2,3)16-13(11-19-21-16)10-18-9-12-6-8-23-15(12)14-5-7-20-22(14)4/h5,7,11-12,15,18H,6,8-10H2,1-4H3,(H,19,21)/t12-,15+/m0/s1. The van der Waals surface area contributed by atoms with Crippen molar-refractivity contribution in [3.63, 3.8) is 0 Å². The molecule has 0 saturated carbocycles. The third kappa shape index (κ3) is 3.48. The number of aromatic nitrogens is 4. The van der Waals surface area contributed by atoms with Crippen LogP contribution in [0.5, 0.6) is 0 Å². The van der Waals surface area contributed by atoms with Crippen LogP contribution in [0.2, 0.25) is 0 Å². The monoisotopic (exact) mass is 317 g/mol. The highest BCUT2D eigenvalue weighted by molar-refractivity contribution is 5.23. The number of H-pyrrole nitrogens is 1. The van der Waals surface area contributed by atoms with Crippen molar-refractivity contribution in [1.29, 1.82) is 0 Å². The molecule has 2 N–H and O–H groups in total. The Morgan fingerprint density at radius 2 is 2.26 bits per heavy atom. The minimum atomic E-state index is 0.0846. The number of nitrogens with zero attached hydrogens (tertiary/aromatic N) is 3. The van der Waals surface area contributed by atoms with Crippen LogP contribution in [-0.2, 0) is 23.7 Å². The van der Waals surface area contributed by atoms with Gasteiger partial charge in [-0.05, 0) is 12.5 Å². The van der Waals surface area contributed by atoms with Crippen LogP contribution >= 0.6 is 0 Å². The van der Waals surface area contributed by atoms with Crippen molar-refractivity contribution in [2.24, 2.45) is 13.0 Å². The van der Waals surface area contributed by atoms with E-state index in [0.717, 1.165) is 31.8 Å². The maximum atomic E-state index is 5.94. The SMILES string of the molecule is Cn1nccc1[C@@H]1OCC[C@H]1CNCc1cn[nH]c1C(C)(C)C. The first kappa shape index (κ1) is 16.2. The van der Waals surface area contributed by atoms with Gasteiger partial charge in [-0.3, -0.25) is 9.78 Å². The first-order chi connectivity index (χ1) is 11.0. The molecule has 0 aromatic carbocycles. The summed E-state index contributed by atoms with van der Waals surface area (Å²) < 4.78 is 7.85. The van der Waals surface area contributed by atoms with E-state index in [4.69, 9.17) is 4.74 Å². The smallest absolute Gasteiger partial charge is 0.103 e. The lowest BCUT2D eigenvalue weighted by Gasteiger charge is -2.21. The lowest BCUT2D eigenvalue weighted by atomic mass is 9.89. The number of nitrogens with one attached hydrogen (secondary N) is 2. The number of ether oxygens (including phenoxy) is 1. The van der Waals surface area contributed by atoms with Gasteiger partial charge in [0.1, 0.15) is 6.10 Å². The largest absolute Gasteiger partial charge is 0.372 e. The fourth-order valence-electron chi connectivity index (χ4n) is 3.32. The van der Waals surface area contributed by atoms with Gasteiger partial charge >= 0.3 is 0 Å². The molecule has 0 spiro atoms. The second-order valence-electron chi connectivity index (χ2n) is 7.37. The zero-order chi connectivity index (χ0) is 16.4. The lowest BCUT2D eigenvalue weighted by Crippen LogP contribution is -2.26. The van der Waals surface area contributed by atoms with E-state index in [0.29, 0.717) is 5.92 Å². The highest BCUT2D eigenvalue weighted by atomic mass is 16.5. The van der Waals surface area contributed by atoms with Gasteiger partial charge in [-0.25, -0.2) is 0 Å². The van der Waals surface area contributed by atoms with E-state index in [9.17, 15) is 0 Å². The van der Waals surface area contributed by atoms with Gasteiger partial charge in [-0.1, -0.05) is 20.8 Å². The summed E-state index contributed by atoms with van der Waals surface area (Å²) >= 11 is 0. The molecule has 6 nitrogen and oxygen atoms in total. The fraction of sp³-hybridized carbons (Fsp3) is 0.647. The molecule has 0 aliphatic carbocycles. The van der Waals surface area contributed by atoms with E-state index in [2.05, 4.69) is 47.5 Å². The predicted octanol–water partition coefficient (Wildman–Crippen LogP) is 2.31. The average molecular weight is 317 g/mol. The number of hydrogen-bond donors (Lipinski definition) is 2. The number of hydrogen-bond acceptors (Lipinski definition) is 4. The molecule has 3 rings (SSSR count). The minimum Gasteiger partial charge on any atom is -0.372 e. The van der Waals surface area contributed by atoms with Crippen LogP contribution in [0.15, 0.2) is 18.5 Å². The van der Waals surface area contributed by atoms with Crippen LogP contribution in [0, 0.1) is 5.92 Å². The second-order valence-corrected chi connectivity index (χ2v) is 7.37. The summed E-state index contributed by atoms with van der Waals surface area (Å²) in [5.41, 5.74) is 3.69. The van der Waals surface area contributed by atoms with Gasteiger partial charge in [0.15, 0.2) is 0 Å². The van der Waals surface area contributed by atoms with Crippen molar-refractivity contribution in [3.05, 3.63) is 35.4 Å². The first-order valence-electron chi connectivity index (χ1n) is 8.30. The third-order valence-corrected chi connectivity index (χ3v) is 4.55. The van der Waals surface area contributed by atoms with Gasteiger partial charge in [0.05, 0.1) is 11.9 Å². The Hall–Kier alpha value is -1.66. The molecule has 0 radical (unpaired) electrons. The van der Waals surface area contributed by atoms with E-state index in [1.807, 2.05) is 24.1 Å². The zero-order valence-electron chi connectivity index (χ0n) is 14.5. The quantitative estimate of drug-likeness (QED) is 0.888. The van der Waals surface area contributed by atoms with Crippen molar-refractivity contribution in [2.45, 2.75) is 45.3 Å². The van der Waals surface area contributed by atoms with Gasteiger partial charge in [0.2, 0.25) is 0 Å². The number of rotatable bonds is 5. The Bertz CT molecular complexity index is 639. The summed E-state index contributed by atoms with van der Waals surface area (Å²) in [5, 5.41) is 15.2. The van der Waals surface area contributed by atoms with E-state index in [-0.39, 0.29) is 11.5 Å². The zero-order valence-corrected chi connectivity index (χ0v) is 14.5. The molecule has 0 unspecified atom stereocenters. The van der Waals surface area contributed by atoms with Crippen molar-refractivity contribution in [2.75, 3.05) is 13.2 Å². The van der Waals surface area contributed by atoms with Gasteiger partial charge < -0.3 is 10.1 Å². The van der Waals surface area contributed by atoms with Gasteiger partial charge in [-0.15, -0.1) is 0 Å². The number of aryl methyl sites for hydroxylation is 1. The summed E-state index contributed by atoms with van der Waals surface area (Å²) in [6.07, 6.45) is 4.99. The molecule has 1 aliphatic heterocycles. The molecule has 2 aromatic rings. The molecule has 3 heterocycles. The summed E-state index contributed by atoms with van der Waals surface area (Å²) in [5.74, 6) is 0.482. The molecule has 126 valence electrons. The van der Waals surface area contributed by atoms with Crippen molar-refractivity contribution < 1.29 is 4.74 Å². The van der Waals surface area contributed by atoms with Crippen LogP contribution in [0.25, 0.3) is 0 Å². The molecule has 23 heavy (non-hydrogen) atoms. The van der Waals surface area contributed by atoms with Crippen molar-refractivity contribution >= 4 is 0 Å². The third-order valence-electron chi connectivity index (χ3n) is 4.55. The molecule has 1 saturated heterocycles. The summed E-state index contributed by atoms with van der Waals surface area (Å²) in [6, 6.07) is 2.05. The van der Waals surface area contributed by atoms with Crippen LogP contribution in [0.3, 0.4) is 0 Å². The van der Waals surface area contributed by atoms with Gasteiger partial charge in [0.25, 0.3) is 0 Å². The Labute approximate surface area is 137 Å². The molecule has 6 heteroatoms. The Kier molecular flexibility index (Phi) is 4.55. The van der Waals surface area contributed by atoms with Crippen molar-refractivity contribution in [1.82, 2.24) is 25.3 Å². The Morgan fingerprint density at radius 1 is 1.43 bits per heavy atom. The fourth-order valence-corrected chi connectivity index (χ4v) is 3.32. The van der Waals surface area contributed by atoms with Gasteiger partial charge in [0, 0.05) is 55.5 Å². The molecular weight excluding hydrogens is 290 g/mol.